The van der Waals surface area contributed by atoms with Crippen molar-refractivity contribution in [3.63, 3.8) is 0 Å². The molecule has 0 aliphatic carbocycles. The Morgan fingerprint density at radius 1 is 1.38 bits per heavy atom. The predicted molar refractivity (Wildman–Crippen MR) is 62.9 cm³/mol. The first-order valence-corrected chi connectivity index (χ1v) is 5.65. The molecule has 88 valence electrons. The van der Waals surface area contributed by atoms with Gasteiger partial charge in [0.15, 0.2) is 0 Å². The largest absolute Gasteiger partial charge is 0.494 e. The van der Waals surface area contributed by atoms with Crippen LogP contribution >= 0.6 is 0 Å². The smallest absolute Gasteiger partial charge is 0.311 e. The Bertz CT molecular complexity index is 347. The molecule has 0 saturated carbocycles. The number of carbonyl (C=O) groups is 1. The van der Waals surface area contributed by atoms with Gasteiger partial charge < -0.3 is 9.84 Å². The van der Waals surface area contributed by atoms with Gasteiger partial charge in [0.2, 0.25) is 0 Å². The van der Waals surface area contributed by atoms with Gasteiger partial charge in [0.05, 0.1) is 12.5 Å². The highest BCUT2D eigenvalue weighted by Gasteiger charge is 2.21. The number of ether oxygens (including phenoxy) is 1. The first kappa shape index (κ1) is 12.6. The fourth-order valence-corrected chi connectivity index (χ4v) is 1.76. The summed E-state index contributed by atoms with van der Waals surface area (Å²) in [6.45, 7) is 4.43. The van der Waals surface area contributed by atoms with Gasteiger partial charge in [-0.2, -0.15) is 0 Å². The average molecular weight is 222 g/mol. The number of para-hydroxylation sites is 1. The molecule has 0 aliphatic heterocycles. The summed E-state index contributed by atoms with van der Waals surface area (Å²) in [5.74, 6) is -0.562. The predicted octanol–water partition coefficient (Wildman–Crippen LogP) is 3.05. The molecule has 16 heavy (non-hydrogen) atoms. The highest BCUT2D eigenvalue weighted by Crippen LogP contribution is 2.30. The number of carboxylic acid groups (broad SMARTS) is 1. The zero-order valence-electron chi connectivity index (χ0n) is 9.77. The highest BCUT2D eigenvalue weighted by molar-refractivity contribution is 5.77. The van der Waals surface area contributed by atoms with E-state index >= 15 is 0 Å². The molecule has 0 radical (unpaired) electrons. The minimum absolute atomic E-state index is 0.465. The van der Waals surface area contributed by atoms with Crippen molar-refractivity contribution in [2.24, 2.45) is 0 Å². The Hall–Kier alpha value is -1.51. The maximum absolute atomic E-state index is 11.2. The van der Waals surface area contributed by atoms with E-state index in [1.54, 1.807) is 0 Å². The molecule has 0 saturated heterocycles. The van der Waals surface area contributed by atoms with Crippen LogP contribution in [0.1, 0.15) is 38.2 Å². The lowest BCUT2D eigenvalue weighted by Gasteiger charge is -2.16. The number of benzene rings is 1. The Labute approximate surface area is 96.1 Å². The van der Waals surface area contributed by atoms with Crippen molar-refractivity contribution < 1.29 is 14.6 Å². The molecule has 1 aromatic rings. The van der Waals surface area contributed by atoms with Gasteiger partial charge in [-0.05, 0) is 19.4 Å². The Morgan fingerprint density at radius 3 is 2.62 bits per heavy atom. The number of hydrogen-bond donors (Lipinski definition) is 1. The maximum Gasteiger partial charge on any atom is 0.311 e. The van der Waals surface area contributed by atoms with Crippen LogP contribution in [-0.2, 0) is 4.79 Å². The first-order valence-electron chi connectivity index (χ1n) is 5.65. The molecule has 1 aromatic carbocycles. The van der Waals surface area contributed by atoms with Gasteiger partial charge in [0.1, 0.15) is 5.75 Å². The molecule has 3 heteroatoms. The Morgan fingerprint density at radius 2 is 2.06 bits per heavy atom. The summed E-state index contributed by atoms with van der Waals surface area (Å²) < 4.78 is 5.45. The van der Waals surface area contributed by atoms with Crippen LogP contribution in [0.25, 0.3) is 0 Å². The lowest BCUT2D eigenvalue weighted by Crippen LogP contribution is -2.12. The molecule has 1 unspecified atom stereocenters. The van der Waals surface area contributed by atoms with E-state index in [4.69, 9.17) is 4.74 Å². The van der Waals surface area contributed by atoms with Crippen LogP contribution in [0.5, 0.6) is 5.75 Å². The second-order valence-corrected chi connectivity index (χ2v) is 3.65. The van der Waals surface area contributed by atoms with E-state index in [2.05, 4.69) is 0 Å². The van der Waals surface area contributed by atoms with Gasteiger partial charge in [-0.3, -0.25) is 4.79 Å². The maximum atomic E-state index is 11.2. The Kier molecular flexibility index (Phi) is 4.83. The van der Waals surface area contributed by atoms with E-state index in [0.29, 0.717) is 18.8 Å². The standard InChI is InChI=1S/C13H18O3/c1-3-7-11(13(14)15)10-8-5-6-9-12(10)16-4-2/h5-6,8-9,11H,3-4,7H2,1-2H3,(H,14,15). The van der Waals surface area contributed by atoms with E-state index in [1.165, 1.54) is 0 Å². The summed E-state index contributed by atoms with van der Waals surface area (Å²) in [6, 6.07) is 7.37. The molecular formula is C13H18O3. The third kappa shape index (κ3) is 2.99. The van der Waals surface area contributed by atoms with Crippen molar-refractivity contribution in [1.29, 1.82) is 0 Å². The molecular weight excluding hydrogens is 204 g/mol. The summed E-state index contributed by atoms with van der Waals surface area (Å²) in [5, 5.41) is 9.19. The second-order valence-electron chi connectivity index (χ2n) is 3.65. The molecule has 0 aromatic heterocycles. The molecule has 1 rings (SSSR count). The van der Waals surface area contributed by atoms with Crippen LogP contribution in [0.3, 0.4) is 0 Å². The SMILES string of the molecule is CCCC(C(=O)O)c1ccccc1OCC. The van der Waals surface area contributed by atoms with E-state index in [9.17, 15) is 9.90 Å². The topological polar surface area (TPSA) is 46.5 Å². The second kappa shape index (κ2) is 6.16. The van der Waals surface area contributed by atoms with Gasteiger partial charge in [-0.1, -0.05) is 31.5 Å². The normalized spacial score (nSPS) is 12.1. The van der Waals surface area contributed by atoms with Crippen LogP contribution in [0, 0.1) is 0 Å². The van der Waals surface area contributed by atoms with Gasteiger partial charge in [-0.15, -0.1) is 0 Å². The van der Waals surface area contributed by atoms with E-state index in [0.717, 1.165) is 12.0 Å². The quantitative estimate of drug-likeness (QED) is 0.804. The number of aliphatic carboxylic acids is 1. The van der Waals surface area contributed by atoms with E-state index in [1.807, 2.05) is 38.1 Å². The van der Waals surface area contributed by atoms with Gasteiger partial charge in [0.25, 0.3) is 0 Å². The number of carboxylic acids is 1. The zero-order valence-corrected chi connectivity index (χ0v) is 9.77. The summed E-state index contributed by atoms with van der Waals surface area (Å²) in [5.41, 5.74) is 0.777. The van der Waals surface area contributed by atoms with Crippen molar-refractivity contribution in [3.8, 4) is 5.75 Å². The van der Waals surface area contributed by atoms with E-state index in [-0.39, 0.29) is 0 Å². The third-order valence-electron chi connectivity index (χ3n) is 2.47. The van der Waals surface area contributed by atoms with E-state index < -0.39 is 11.9 Å². The Balaban J connectivity index is 3.02. The van der Waals surface area contributed by atoms with Gasteiger partial charge in [0, 0.05) is 5.56 Å². The molecule has 0 spiro atoms. The summed E-state index contributed by atoms with van der Waals surface area (Å²) >= 11 is 0. The molecule has 0 fully saturated rings. The molecule has 0 heterocycles. The molecule has 0 amide bonds. The van der Waals surface area contributed by atoms with Crippen LogP contribution < -0.4 is 4.74 Å². The van der Waals surface area contributed by atoms with Crippen LogP contribution in [-0.4, -0.2) is 17.7 Å². The lowest BCUT2D eigenvalue weighted by molar-refractivity contribution is -0.139. The van der Waals surface area contributed by atoms with Gasteiger partial charge in [-0.25, -0.2) is 0 Å². The minimum atomic E-state index is -0.783. The molecule has 3 nitrogen and oxygen atoms in total. The molecule has 0 bridgehead atoms. The average Bonchev–Trinajstić information content (AvgIpc) is 2.27. The first-order chi connectivity index (χ1) is 7.70. The number of rotatable bonds is 6. The van der Waals surface area contributed by atoms with Crippen LogP contribution in [0.2, 0.25) is 0 Å². The zero-order chi connectivity index (χ0) is 12.0. The van der Waals surface area contributed by atoms with Crippen molar-refractivity contribution in [3.05, 3.63) is 29.8 Å². The lowest BCUT2D eigenvalue weighted by atomic mass is 9.94. The summed E-state index contributed by atoms with van der Waals surface area (Å²) in [4.78, 5) is 11.2. The molecule has 0 aliphatic rings. The van der Waals surface area contributed by atoms with Crippen molar-refractivity contribution in [1.82, 2.24) is 0 Å². The fraction of sp³-hybridized carbons (Fsp3) is 0.462. The summed E-state index contributed by atoms with van der Waals surface area (Å²) in [6.07, 6.45) is 1.48. The summed E-state index contributed by atoms with van der Waals surface area (Å²) in [7, 11) is 0. The van der Waals surface area contributed by atoms with Crippen molar-refractivity contribution >= 4 is 5.97 Å². The van der Waals surface area contributed by atoms with Crippen molar-refractivity contribution in [2.75, 3.05) is 6.61 Å². The minimum Gasteiger partial charge on any atom is -0.494 e. The number of hydrogen-bond acceptors (Lipinski definition) is 2. The molecule has 1 atom stereocenters. The highest BCUT2D eigenvalue weighted by atomic mass is 16.5. The third-order valence-corrected chi connectivity index (χ3v) is 2.47. The van der Waals surface area contributed by atoms with Gasteiger partial charge >= 0.3 is 5.97 Å². The van der Waals surface area contributed by atoms with Crippen LogP contribution in [0.4, 0.5) is 0 Å². The monoisotopic (exact) mass is 222 g/mol. The molecule has 1 N–H and O–H groups in total. The van der Waals surface area contributed by atoms with Crippen LogP contribution in [0.15, 0.2) is 24.3 Å². The van der Waals surface area contributed by atoms with Crippen molar-refractivity contribution in [2.45, 2.75) is 32.6 Å². The fourth-order valence-electron chi connectivity index (χ4n) is 1.76.